The summed E-state index contributed by atoms with van der Waals surface area (Å²) in [5.41, 5.74) is 0.0572. The number of amides is 1. The number of ether oxygens (including phenoxy) is 5. The van der Waals surface area contributed by atoms with E-state index in [2.05, 4.69) is 19.7 Å². The summed E-state index contributed by atoms with van der Waals surface area (Å²) in [4.78, 5) is 70.6. The van der Waals surface area contributed by atoms with Crippen molar-refractivity contribution < 1.29 is 47.7 Å². The van der Waals surface area contributed by atoms with Gasteiger partial charge >= 0.3 is 18.3 Å². The lowest BCUT2D eigenvalue weighted by atomic mass is 9.80. The molecule has 0 aliphatic carbocycles. The zero-order chi connectivity index (χ0) is 40.1. The van der Waals surface area contributed by atoms with Gasteiger partial charge in [0.15, 0.2) is 5.78 Å². The highest BCUT2D eigenvalue weighted by atomic mass is 32.1. The predicted octanol–water partition coefficient (Wildman–Crippen LogP) is 6.57. The number of carbonyl (C=O) groups excluding carboxylic acids is 5. The molecular formula is C43H42NO10PS. The van der Waals surface area contributed by atoms with E-state index in [4.69, 9.17) is 23.7 Å². The average molecular weight is 796 g/mol. The molecular weight excluding hydrogens is 754 g/mol. The Balaban J connectivity index is 1.70. The number of hydrogen-bond acceptors (Lipinski definition) is 11. The van der Waals surface area contributed by atoms with E-state index in [1.165, 1.54) is 23.1 Å². The summed E-state index contributed by atoms with van der Waals surface area (Å²) in [6.45, 7) is 8.61. The number of esters is 1. The van der Waals surface area contributed by atoms with Crippen LogP contribution in [0.5, 0.6) is 0 Å². The van der Waals surface area contributed by atoms with Crippen molar-refractivity contribution in [3.63, 3.8) is 0 Å². The maximum atomic E-state index is 14.8. The van der Waals surface area contributed by atoms with Crippen LogP contribution < -0.4 is 15.9 Å². The van der Waals surface area contributed by atoms with E-state index < -0.39 is 49.1 Å². The van der Waals surface area contributed by atoms with Crippen LogP contribution in [0.15, 0.2) is 141 Å². The smallest absolute Gasteiger partial charge is 0.457 e. The van der Waals surface area contributed by atoms with Gasteiger partial charge in [-0.2, -0.15) is 0 Å². The number of likely N-dealkylation sites (tertiary alicyclic amines) is 1. The Bertz CT molecular complexity index is 2010. The van der Waals surface area contributed by atoms with Gasteiger partial charge in [0.2, 0.25) is 5.91 Å². The van der Waals surface area contributed by atoms with Crippen LogP contribution in [0.2, 0.25) is 0 Å². The van der Waals surface area contributed by atoms with Crippen LogP contribution in [0, 0.1) is 5.92 Å². The monoisotopic (exact) mass is 795 g/mol. The number of benzene rings is 3. The molecule has 3 atom stereocenters. The van der Waals surface area contributed by atoms with E-state index >= 15 is 0 Å². The van der Waals surface area contributed by atoms with Crippen LogP contribution in [-0.2, 0) is 39.9 Å². The number of carbonyl (C=O) groups is 5. The lowest BCUT2D eigenvalue weighted by Crippen LogP contribution is -2.69. The van der Waals surface area contributed by atoms with Crippen molar-refractivity contribution >= 4 is 69.5 Å². The van der Waals surface area contributed by atoms with Crippen LogP contribution in [-0.4, -0.2) is 72.3 Å². The zero-order valence-electron chi connectivity index (χ0n) is 30.8. The molecule has 1 aromatic heterocycles. The summed E-state index contributed by atoms with van der Waals surface area (Å²) in [7, 11) is 0. The van der Waals surface area contributed by atoms with E-state index in [1.807, 2.05) is 91.0 Å². The van der Waals surface area contributed by atoms with Gasteiger partial charge in [-0.15, -0.1) is 11.3 Å². The lowest BCUT2D eigenvalue weighted by molar-refractivity contribution is -0.158. The Morgan fingerprint density at radius 2 is 1.21 bits per heavy atom. The number of rotatable bonds is 18. The topological polar surface area (TPSA) is 135 Å². The predicted molar refractivity (Wildman–Crippen MR) is 217 cm³/mol. The zero-order valence-corrected chi connectivity index (χ0v) is 32.5. The van der Waals surface area contributed by atoms with Gasteiger partial charge in [-0.3, -0.25) is 9.59 Å². The first-order valence-corrected chi connectivity index (χ1v) is 20.3. The van der Waals surface area contributed by atoms with Crippen molar-refractivity contribution in [1.29, 1.82) is 0 Å². The minimum atomic E-state index is -3.30. The van der Waals surface area contributed by atoms with E-state index in [9.17, 15) is 24.0 Å². The third-order valence-electron chi connectivity index (χ3n) is 8.85. The molecule has 1 fully saturated rings. The summed E-state index contributed by atoms with van der Waals surface area (Å²) in [5.74, 6) is -2.71. The average Bonchev–Trinajstić information content (AvgIpc) is 3.70. The highest BCUT2D eigenvalue weighted by Gasteiger charge is 2.57. The standard InChI is InChI=1S/C43H42NO10PS/c1-5-25-50-41(47)40(55(31-17-11-8-12-18-31,32-19-13-9-14-20-32)33-21-15-10-16-22-33)44-35(38(39(44)46)30(4)54-43(49)52-27-7-3)28-36(45)37-24-23-34(56-37)29-53-42(48)51-26-6-2/h5-24,30,35,38H,1-3,25-29H2,4H3/t30-,35-,38-/m1/s1. The Labute approximate surface area is 329 Å². The second-order valence-electron chi connectivity index (χ2n) is 12.4. The molecule has 0 radical (unpaired) electrons. The minimum absolute atomic E-state index is 0.0125. The van der Waals surface area contributed by atoms with Gasteiger partial charge in [0, 0.05) is 18.2 Å². The Morgan fingerprint density at radius 1 is 0.714 bits per heavy atom. The van der Waals surface area contributed by atoms with E-state index in [1.54, 1.807) is 19.1 Å². The molecule has 2 heterocycles. The minimum Gasteiger partial charge on any atom is -0.457 e. The molecule has 13 heteroatoms. The van der Waals surface area contributed by atoms with Crippen LogP contribution in [0.3, 0.4) is 0 Å². The van der Waals surface area contributed by atoms with Crippen LogP contribution in [0.4, 0.5) is 9.59 Å². The summed E-state index contributed by atoms with van der Waals surface area (Å²) in [6.07, 6.45) is 1.01. The Kier molecular flexibility index (Phi) is 14.4. The van der Waals surface area contributed by atoms with Crippen LogP contribution in [0.1, 0.15) is 27.9 Å². The molecule has 4 aromatic rings. The Morgan fingerprint density at radius 3 is 1.73 bits per heavy atom. The van der Waals surface area contributed by atoms with Crippen molar-refractivity contribution in [1.82, 2.24) is 4.90 Å². The molecule has 0 spiro atoms. The summed E-state index contributed by atoms with van der Waals surface area (Å²) < 4.78 is 26.5. The molecule has 11 nitrogen and oxygen atoms in total. The molecule has 1 saturated heterocycles. The maximum absolute atomic E-state index is 14.8. The summed E-state index contributed by atoms with van der Waals surface area (Å²) >= 11 is 1.11. The number of hydrogen-bond donors (Lipinski definition) is 0. The van der Waals surface area contributed by atoms with Gasteiger partial charge in [0.1, 0.15) is 37.9 Å². The van der Waals surface area contributed by atoms with Gasteiger partial charge in [-0.1, -0.05) is 129 Å². The third kappa shape index (κ3) is 9.10. The second-order valence-corrected chi connectivity index (χ2v) is 16.9. The number of thiophene rings is 1. The molecule has 0 N–H and O–H groups in total. The molecule has 1 aliphatic rings. The van der Waals surface area contributed by atoms with Crippen molar-refractivity contribution in [3.8, 4) is 0 Å². The SMILES string of the molecule is C=CCOC(=O)OCc1ccc(C(=O)C[C@@H]2[C@@H]([C@@H](C)OC(=O)OCC=C)C(=O)N2C(C(=O)OCC=C)=P(c2ccccc2)(c2ccccc2)c2ccccc2)s1. The van der Waals surface area contributed by atoms with Crippen LogP contribution >= 0.6 is 18.2 Å². The molecule has 56 heavy (non-hydrogen) atoms. The highest BCUT2D eigenvalue weighted by molar-refractivity contribution is 7.96. The van der Waals surface area contributed by atoms with Crippen molar-refractivity contribution in [2.75, 3.05) is 19.8 Å². The third-order valence-corrected chi connectivity index (χ3v) is 14.2. The first-order valence-electron chi connectivity index (χ1n) is 17.7. The van der Waals surface area contributed by atoms with Gasteiger partial charge in [-0.05, 0) is 35.0 Å². The maximum Gasteiger partial charge on any atom is 0.508 e. The first kappa shape index (κ1) is 41.2. The van der Waals surface area contributed by atoms with Gasteiger partial charge in [-0.25, -0.2) is 14.4 Å². The summed E-state index contributed by atoms with van der Waals surface area (Å²) in [6, 6.07) is 30.6. The van der Waals surface area contributed by atoms with E-state index in [0.29, 0.717) is 9.75 Å². The molecule has 0 saturated carbocycles. The number of nitrogens with zero attached hydrogens (tertiary/aromatic N) is 1. The second kappa shape index (κ2) is 19.6. The molecule has 1 amide bonds. The number of β-lactam (4-membered cyclic amide) rings is 1. The fourth-order valence-electron chi connectivity index (χ4n) is 6.51. The fraction of sp³-hybridized carbons (Fsp3) is 0.209. The van der Waals surface area contributed by atoms with Crippen molar-refractivity contribution in [2.24, 2.45) is 5.92 Å². The van der Waals surface area contributed by atoms with Crippen LogP contribution in [0.25, 0.3) is 0 Å². The number of Topliss-reactive ketones (excluding diaryl/α,β-unsaturated/α-hetero) is 1. The lowest BCUT2D eigenvalue weighted by Gasteiger charge is -2.51. The quantitative estimate of drug-likeness (QED) is 0.0272. The Hall–Kier alpha value is -5.97. The van der Waals surface area contributed by atoms with Gasteiger partial charge in [0.25, 0.3) is 0 Å². The first-order chi connectivity index (χ1) is 27.2. The van der Waals surface area contributed by atoms with E-state index in [0.717, 1.165) is 27.3 Å². The largest absolute Gasteiger partial charge is 0.508 e. The van der Waals surface area contributed by atoms with Crippen molar-refractivity contribution in [3.05, 3.63) is 151 Å². The normalized spacial score (nSPS) is 15.3. The van der Waals surface area contributed by atoms with Gasteiger partial charge in [0.05, 0.1) is 16.8 Å². The summed E-state index contributed by atoms with van der Waals surface area (Å²) in [5, 5.41) is 2.28. The molecule has 1 aliphatic heterocycles. The fourth-order valence-corrected chi connectivity index (χ4v) is 11.8. The van der Waals surface area contributed by atoms with Crippen molar-refractivity contribution in [2.45, 2.75) is 32.1 Å². The molecule has 5 rings (SSSR count). The van der Waals surface area contributed by atoms with E-state index in [-0.39, 0.29) is 44.0 Å². The van der Waals surface area contributed by atoms with Gasteiger partial charge < -0.3 is 28.6 Å². The highest BCUT2D eigenvalue weighted by Crippen LogP contribution is 2.50. The molecule has 0 bridgehead atoms. The molecule has 290 valence electrons. The molecule has 3 aromatic carbocycles. The molecule has 0 unspecified atom stereocenters. The number of ketones is 1.